The van der Waals surface area contributed by atoms with Crippen molar-refractivity contribution in [2.75, 3.05) is 20.2 Å². The molecule has 0 radical (unpaired) electrons. The summed E-state index contributed by atoms with van der Waals surface area (Å²) in [5, 5.41) is 18.1. The highest BCUT2D eigenvalue weighted by Crippen LogP contribution is 2.29. The molecule has 29 heavy (non-hydrogen) atoms. The van der Waals surface area contributed by atoms with Crippen molar-refractivity contribution >= 4 is 40.8 Å². The van der Waals surface area contributed by atoms with Gasteiger partial charge in [-0.05, 0) is 36.9 Å². The molecule has 0 amide bonds. The highest BCUT2D eigenvalue weighted by atomic mass is 127. The summed E-state index contributed by atoms with van der Waals surface area (Å²) in [6, 6.07) is 16.0. The Bertz CT molecular complexity index is 939. The molecule has 0 aliphatic rings. The maximum atomic E-state index is 10.2. The first-order chi connectivity index (χ1) is 13.7. The van der Waals surface area contributed by atoms with Crippen LogP contribution >= 0.6 is 24.0 Å². The molecule has 0 saturated heterocycles. The molecule has 7 heteroatoms. The average Bonchev–Trinajstić information content (AvgIpc) is 3.13. The number of aromatic hydroxyl groups is 1. The smallest absolute Gasteiger partial charge is 0.191 e. The molecule has 3 aromatic rings. The lowest BCUT2D eigenvalue weighted by Crippen LogP contribution is -2.38. The van der Waals surface area contributed by atoms with E-state index in [-0.39, 0.29) is 29.7 Å². The number of nitrogens with zero attached hydrogens (tertiary/aromatic N) is 2. The number of phenolic OH excluding ortho intramolecular Hbond substituents is 1. The second kappa shape index (κ2) is 11.5. The van der Waals surface area contributed by atoms with E-state index < -0.39 is 0 Å². The van der Waals surface area contributed by atoms with Gasteiger partial charge in [0.25, 0.3) is 0 Å². The van der Waals surface area contributed by atoms with E-state index in [1.807, 2.05) is 19.1 Å². The third-order valence-electron chi connectivity index (χ3n) is 4.60. The number of halogens is 1. The van der Waals surface area contributed by atoms with Crippen molar-refractivity contribution in [3.63, 3.8) is 0 Å². The molecule has 0 saturated carbocycles. The minimum atomic E-state index is 0. The molecule has 0 fully saturated rings. The van der Waals surface area contributed by atoms with Crippen molar-refractivity contribution in [3.8, 4) is 11.5 Å². The Kier molecular flexibility index (Phi) is 9.11. The lowest BCUT2D eigenvalue weighted by Gasteiger charge is -2.13. The van der Waals surface area contributed by atoms with Gasteiger partial charge >= 0.3 is 0 Å². The predicted octanol–water partition coefficient (Wildman–Crippen LogP) is 4.12. The molecule has 0 aliphatic carbocycles. The lowest BCUT2D eigenvalue weighted by atomic mass is 10.2. The first-order valence-corrected chi connectivity index (χ1v) is 9.63. The van der Waals surface area contributed by atoms with Gasteiger partial charge < -0.3 is 25.0 Å². The van der Waals surface area contributed by atoms with Gasteiger partial charge in [-0.3, -0.25) is 0 Å². The van der Waals surface area contributed by atoms with Crippen LogP contribution in [-0.2, 0) is 13.1 Å². The van der Waals surface area contributed by atoms with Crippen molar-refractivity contribution in [2.24, 2.45) is 4.99 Å². The normalized spacial score (nSPS) is 11.2. The van der Waals surface area contributed by atoms with E-state index in [2.05, 4.69) is 56.7 Å². The van der Waals surface area contributed by atoms with Crippen molar-refractivity contribution in [3.05, 3.63) is 60.3 Å². The number of nitrogens with one attached hydrogen (secondary N) is 2. The Balaban J connectivity index is 0.00000300. The van der Waals surface area contributed by atoms with Gasteiger partial charge in [-0.25, -0.2) is 4.99 Å². The Labute approximate surface area is 189 Å². The fraction of sp³-hybridized carbons (Fsp3) is 0.318. The van der Waals surface area contributed by atoms with E-state index in [1.54, 1.807) is 13.2 Å². The van der Waals surface area contributed by atoms with Crippen LogP contribution in [0.2, 0.25) is 0 Å². The number of fused-ring (bicyclic) bond motifs is 1. The average molecular weight is 508 g/mol. The van der Waals surface area contributed by atoms with Crippen molar-refractivity contribution in [1.82, 2.24) is 15.2 Å². The number of aryl methyl sites for hydroxylation is 1. The van der Waals surface area contributed by atoms with E-state index in [4.69, 9.17) is 4.74 Å². The topological polar surface area (TPSA) is 70.8 Å². The zero-order valence-electron chi connectivity index (χ0n) is 16.9. The summed E-state index contributed by atoms with van der Waals surface area (Å²) in [5.74, 6) is 1.34. The second-order valence-corrected chi connectivity index (χ2v) is 6.51. The quantitative estimate of drug-likeness (QED) is 0.185. The zero-order chi connectivity index (χ0) is 19.8. The summed E-state index contributed by atoms with van der Waals surface area (Å²) in [5.41, 5.74) is 1.99. The van der Waals surface area contributed by atoms with E-state index in [1.165, 1.54) is 10.9 Å². The number of rotatable bonds is 8. The van der Waals surface area contributed by atoms with Crippen LogP contribution in [0.15, 0.2) is 59.7 Å². The molecule has 1 aromatic heterocycles. The zero-order valence-corrected chi connectivity index (χ0v) is 19.2. The molecule has 1 heterocycles. The number of hydrogen-bond donors (Lipinski definition) is 3. The van der Waals surface area contributed by atoms with E-state index in [0.717, 1.165) is 37.6 Å². The molecular formula is C22H29IN4O2. The summed E-state index contributed by atoms with van der Waals surface area (Å²) in [7, 11) is 1.54. The Morgan fingerprint density at radius 1 is 1.10 bits per heavy atom. The first-order valence-electron chi connectivity index (χ1n) is 9.63. The van der Waals surface area contributed by atoms with Crippen LogP contribution in [0.3, 0.4) is 0 Å². The molecule has 0 atom stereocenters. The first kappa shape index (κ1) is 22.9. The molecule has 3 N–H and O–H groups in total. The molecule has 0 aliphatic heterocycles. The van der Waals surface area contributed by atoms with Crippen LogP contribution in [0.4, 0.5) is 0 Å². The predicted molar refractivity (Wildman–Crippen MR) is 129 cm³/mol. The number of phenols is 1. The van der Waals surface area contributed by atoms with Crippen LogP contribution < -0.4 is 15.4 Å². The maximum absolute atomic E-state index is 10.2. The largest absolute Gasteiger partial charge is 0.504 e. The second-order valence-electron chi connectivity index (χ2n) is 6.51. The van der Waals surface area contributed by atoms with Gasteiger partial charge in [-0.1, -0.05) is 30.3 Å². The summed E-state index contributed by atoms with van der Waals surface area (Å²) in [6.45, 7) is 4.93. The summed E-state index contributed by atoms with van der Waals surface area (Å²) < 4.78 is 7.43. The number of ether oxygens (including phenoxy) is 1. The number of aromatic nitrogens is 1. The molecule has 0 spiro atoms. The van der Waals surface area contributed by atoms with Crippen LogP contribution in [0.25, 0.3) is 10.9 Å². The highest BCUT2D eigenvalue weighted by molar-refractivity contribution is 14.0. The van der Waals surface area contributed by atoms with Crippen LogP contribution in [0.1, 0.15) is 18.9 Å². The third kappa shape index (κ3) is 6.03. The number of guanidine groups is 1. The SMILES string of the molecule is CCNC(=NCc1cccc(OC)c1O)NCCCn1ccc2ccccc21.I. The van der Waals surface area contributed by atoms with Crippen LogP contribution in [-0.4, -0.2) is 35.8 Å². The number of methoxy groups -OCH3 is 1. The molecule has 156 valence electrons. The molecule has 6 nitrogen and oxygen atoms in total. The Hall–Kier alpha value is -2.42. The molecular weight excluding hydrogens is 479 g/mol. The molecule has 0 unspecified atom stereocenters. The number of benzene rings is 2. The fourth-order valence-electron chi connectivity index (χ4n) is 3.16. The third-order valence-corrected chi connectivity index (χ3v) is 4.60. The monoisotopic (exact) mass is 508 g/mol. The van der Waals surface area contributed by atoms with E-state index >= 15 is 0 Å². The minimum absolute atomic E-state index is 0. The van der Waals surface area contributed by atoms with Gasteiger partial charge in [0.15, 0.2) is 17.5 Å². The summed E-state index contributed by atoms with van der Waals surface area (Å²) in [6.07, 6.45) is 3.11. The van der Waals surface area contributed by atoms with Crippen LogP contribution in [0.5, 0.6) is 11.5 Å². The number of hydrogen-bond acceptors (Lipinski definition) is 3. The van der Waals surface area contributed by atoms with Gasteiger partial charge in [0.05, 0.1) is 13.7 Å². The highest BCUT2D eigenvalue weighted by Gasteiger charge is 2.07. The van der Waals surface area contributed by atoms with Crippen molar-refractivity contribution in [2.45, 2.75) is 26.4 Å². The maximum Gasteiger partial charge on any atom is 0.191 e. The fourth-order valence-corrected chi connectivity index (χ4v) is 3.16. The van der Waals surface area contributed by atoms with Crippen molar-refractivity contribution in [1.29, 1.82) is 0 Å². The van der Waals surface area contributed by atoms with E-state index in [0.29, 0.717) is 12.3 Å². The van der Waals surface area contributed by atoms with Gasteiger partial charge in [0.2, 0.25) is 0 Å². The van der Waals surface area contributed by atoms with Gasteiger partial charge in [-0.2, -0.15) is 0 Å². The standard InChI is InChI=1S/C22H28N4O2.HI/c1-3-23-22(25-16-18-9-6-11-20(28-2)21(18)27)24-13-7-14-26-15-12-17-8-4-5-10-19(17)26;/h4-6,8-12,15,27H,3,7,13-14,16H2,1-2H3,(H2,23,24,25);1H. The molecule has 2 aromatic carbocycles. The molecule has 0 bridgehead atoms. The van der Waals surface area contributed by atoms with Crippen LogP contribution in [0, 0.1) is 0 Å². The van der Waals surface area contributed by atoms with Crippen molar-refractivity contribution < 1.29 is 9.84 Å². The van der Waals surface area contributed by atoms with Gasteiger partial charge in [0.1, 0.15) is 0 Å². The Morgan fingerprint density at radius 2 is 1.93 bits per heavy atom. The lowest BCUT2D eigenvalue weighted by molar-refractivity contribution is 0.370. The minimum Gasteiger partial charge on any atom is -0.504 e. The molecule has 3 rings (SSSR count). The Morgan fingerprint density at radius 3 is 2.72 bits per heavy atom. The van der Waals surface area contributed by atoms with Gasteiger partial charge in [0, 0.05) is 36.9 Å². The van der Waals surface area contributed by atoms with Gasteiger partial charge in [-0.15, -0.1) is 24.0 Å². The summed E-state index contributed by atoms with van der Waals surface area (Å²) >= 11 is 0. The number of para-hydroxylation sites is 2. The summed E-state index contributed by atoms with van der Waals surface area (Å²) in [4.78, 5) is 4.58. The van der Waals surface area contributed by atoms with E-state index in [9.17, 15) is 5.11 Å². The number of aliphatic imine (C=N–C) groups is 1.